The second-order valence-corrected chi connectivity index (χ2v) is 4.09. The molecule has 0 saturated heterocycles. The van der Waals surface area contributed by atoms with Gasteiger partial charge in [0.25, 0.3) is 0 Å². The molecule has 0 radical (unpaired) electrons. The lowest BCUT2D eigenvalue weighted by molar-refractivity contribution is -0.132. The Kier molecular flexibility index (Phi) is 8.25. The summed E-state index contributed by atoms with van der Waals surface area (Å²) in [6.07, 6.45) is 5.62. The third kappa shape index (κ3) is 5.96. The van der Waals surface area contributed by atoms with Gasteiger partial charge in [-0.3, -0.25) is 4.79 Å². The van der Waals surface area contributed by atoms with E-state index in [0.29, 0.717) is 0 Å². The highest BCUT2D eigenvalue weighted by Gasteiger charge is 2.13. The molecule has 0 rings (SSSR count). The van der Waals surface area contributed by atoms with Crippen molar-refractivity contribution in [2.75, 3.05) is 0 Å². The summed E-state index contributed by atoms with van der Waals surface area (Å²) in [5.41, 5.74) is 0. The van der Waals surface area contributed by atoms with E-state index in [-0.39, 0.29) is 10.8 Å². The van der Waals surface area contributed by atoms with Gasteiger partial charge in [0.2, 0.25) is 0 Å². The maximum Gasteiger partial charge on any atom is 0.321 e. The molecule has 0 aromatic carbocycles. The lowest BCUT2D eigenvalue weighted by atomic mass is 10.1. The standard InChI is InChI=1S/C8H16BrO2P/c1-2-3-4-5-6-7(9)8(10)11-12/h7H,2-6,12H2,1H3. The Hall–Kier alpha value is 0.380. The SMILES string of the molecule is CCCCCCC(Br)C(=O)OP. The Morgan fingerprint density at radius 3 is 2.67 bits per heavy atom. The van der Waals surface area contributed by atoms with Crippen LogP contribution in [-0.2, 0) is 9.32 Å². The van der Waals surface area contributed by atoms with E-state index in [1.165, 1.54) is 19.3 Å². The van der Waals surface area contributed by atoms with Gasteiger partial charge >= 0.3 is 5.97 Å². The first kappa shape index (κ1) is 12.4. The van der Waals surface area contributed by atoms with E-state index in [4.69, 9.17) is 0 Å². The number of carbonyl (C=O) groups is 1. The van der Waals surface area contributed by atoms with E-state index in [1.807, 2.05) is 9.47 Å². The molecule has 0 aromatic rings. The maximum atomic E-state index is 10.9. The van der Waals surface area contributed by atoms with E-state index < -0.39 is 0 Å². The second-order valence-electron chi connectivity index (χ2n) is 2.75. The van der Waals surface area contributed by atoms with Crippen molar-refractivity contribution in [1.29, 1.82) is 0 Å². The van der Waals surface area contributed by atoms with Crippen molar-refractivity contribution in [1.82, 2.24) is 0 Å². The number of halogens is 1. The van der Waals surface area contributed by atoms with Gasteiger partial charge in [0.05, 0.1) is 9.47 Å². The fourth-order valence-electron chi connectivity index (χ4n) is 0.942. The summed E-state index contributed by atoms with van der Waals surface area (Å²) in [5, 5.41) is 0. The van der Waals surface area contributed by atoms with Gasteiger partial charge in [-0.05, 0) is 6.42 Å². The van der Waals surface area contributed by atoms with Crippen molar-refractivity contribution in [3.8, 4) is 0 Å². The van der Waals surface area contributed by atoms with Crippen LogP contribution in [0.25, 0.3) is 0 Å². The molecule has 2 unspecified atom stereocenters. The summed E-state index contributed by atoms with van der Waals surface area (Å²) in [6, 6.07) is 0. The summed E-state index contributed by atoms with van der Waals surface area (Å²) >= 11 is 3.27. The Bertz CT molecular complexity index is 130. The molecule has 0 N–H and O–H groups in total. The minimum Gasteiger partial charge on any atom is -0.451 e. The molecular weight excluding hydrogens is 239 g/mol. The molecule has 0 spiro atoms. The largest absolute Gasteiger partial charge is 0.451 e. The van der Waals surface area contributed by atoms with Crippen LogP contribution in [0.15, 0.2) is 0 Å². The number of hydrogen-bond donors (Lipinski definition) is 0. The average molecular weight is 255 g/mol. The molecule has 0 saturated carbocycles. The van der Waals surface area contributed by atoms with Crippen LogP contribution in [0.1, 0.15) is 39.0 Å². The van der Waals surface area contributed by atoms with E-state index in [1.54, 1.807) is 0 Å². The third-order valence-electron chi connectivity index (χ3n) is 1.68. The van der Waals surface area contributed by atoms with Crippen LogP contribution in [0, 0.1) is 0 Å². The van der Waals surface area contributed by atoms with Crippen LogP contribution in [0.5, 0.6) is 0 Å². The Morgan fingerprint density at radius 1 is 1.50 bits per heavy atom. The molecule has 0 bridgehead atoms. The predicted molar refractivity (Wildman–Crippen MR) is 57.3 cm³/mol. The summed E-state index contributed by atoms with van der Waals surface area (Å²) in [7, 11) is 1.97. The van der Waals surface area contributed by atoms with Crippen LogP contribution in [0.4, 0.5) is 0 Å². The van der Waals surface area contributed by atoms with Crippen LogP contribution in [0.2, 0.25) is 0 Å². The highest BCUT2D eigenvalue weighted by molar-refractivity contribution is 9.10. The topological polar surface area (TPSA) is 26.3 Å². The molecule has 0 amide bonds. The van der Waals surface area contributed by atoms with Crippen LogP contribution < -0.4 is 0 Å². The van der Waals surface area contributed by atoms with Gasteiger partial charge in [0.1, 0.15) is 4.83 Å². The monoisotopic (exact) mass is 254 g/mol. The molecule has 0 fully saturated rings. The van der Waals surface area contributed by atoms with E-state index >= 15 is 0 Å². The first-order valence-corrected chi connectivity index (χ1v) is 5.65. The third-order valence-corrected chi connectivity index (χ3v) is 2.75. The van der Waals surface area contributed by atoms with Gasteiger partial charge in [0.15, 0.2) is 0 Å². The zero-order valence-electron chi connectivity index (χ0n) is 7.38. The van der Waals surface area contributed by atoms with Crippen molar-refractivity contribution in [2.45, 2.75) is 43.9 Å². The molecule has 4 heteroatoms. The molecule has 2 nitrogen and oxygen atoms in total. The minimum atomic E-state index is -0.198. The molecule has 72 valence electrons. The lowest BCUT2D eigenvalue weighted by Crippen LogP contribution is -2.12. The van der Waals surface area contributed by atoms with Crippen molar-refractivity contribution in [3.05, 3.63) is 0 Å². The molecule has 12 heavy (non-hydrogen) atoms. The zero-order valence-corrected chi connectivity index (χ0v) is 10.1. The van der Waals surface area contributed by atoms with Gasteiger partial charge < -0.3 is 4.52 Å². The first-order valence-electron chi connectivity index (χ1n) is 4.27. The fourth-order valence-corrected chi connectivity index (χ4v) is 1.74. The van der Waals surface area contributed by atoms with Crippen LogP contribution >= 0.6 is 25.4 Å². The van der Waals surface area contributed by atoms with E-state index in [9.17, 15) is 4.79 Å². The normalized spacial score (nSPS) is 12.6. The molecule has 2 atom stereocenters. The molecule has 0 heterocycles. The number of unbranched alkanes of at least 4 members (excludes halogenated alkanes) is 3. The van der Waals surface area contributed by atoms with Gasteiger partial charge in [-0.2, -0.15) is 0 Å². The van der Waals surface area contributed by atoms with Gasteiger partial charge in [-0.25, -0.2) is 0 Å². The van der Waals surface area contributed by atoms with Gasteiger partial charge in [0, 0.05) is 0 Å². The average Bonchev–Trinajstić information content (AvgIpc) is 2.10. The predicted octanol–water partition coefficient (Wildman–Crippen LogP) is 3.05. The lowest BCUT2D eigenvalue weighted by Gasteiger charge is -2.05. The number of alkyl halides is 1. The quantitative estimate of drug-likeness (QED) is 0.414. The van der Waals surface area contributed by atoms with Crippen LogP contribution in [0.3, 0.4) is 0 Å². The van der Waals surface area contributed by atoms with E-state index in [0.717, 1.165) is 12.8 Å². The maximum absolute atomic E-state index is 10.9. The molecule has 0 aliphatic rings. The van der Waals surface area contributed by atoms with Crippen LogP contribution in [-0.4, -0.2) is 10.8 Å². The van der Waals surface area contributed by atoms with E-state index in [2.05, 4.69) is 27.4 Å². The summed E-state index contributed by atoms with van der Waals surface area (Å²) in [6.45, 7) is 2.17. The van der Waals surface area contributed by atoms with Crippen molar-refractivity contribution in [2.24, 2.45) is 0 Å². The second kappa shape index (κ2) is 8.00. The van der Waals surface area contributed by atoms with Crippen molar-refractivity contribution < 1.29 is 9.32 Å². The number of hydrogen-bond acceptors (Lipinski definition) is 2. The van der Waals surface area contributed by atoms with Crippen molar-refractivity contribution >= 4 is 31.4 Å². The van der Waals surface area contributed by atoms with Gasteiger partial charge in [-0.1, -0.05) is 48.5 Å². The highest BCUT2D eigenvalue weighted by Crippen LogP contribution is 2.14. The molecular formula is C8H16BrO2P. The number of carbonyl (C=O) groups excluding carboxylic acids is 1. The Balaban J connectivity index is 3.31. The van der Waals surface area contributed by atoms with Gasteiger partial charge in [-0.15, -0.1) is 0 Å². The summed E-state index contributed by atoms with van der Waals surface area (Å²) < 4.78 is 4.50. The molecule has 0 aliphatic heterocycles. The fraction of sp³-hybridized carbons (Fsp3) is 0.875. The zero-order chi connectivity index (χ0) is 9.40. The summed E-state index contributed by atoms with van der Waals surface area (Å²) in [5.74, 6) is -0.198. The first-order chi connectivity index (χ1) is 5.72. The number of rotatable bonds is 6. The Labute approximate surface area is 84.9 Å². The molecule has 0 aliphatic carbocycles. The smallest absolute Gasteiger partial charge is 0.321 e. The molecule has 0 aromatic heterocycles. The van der Waals surface area contributed by atoms with Crippen molar-refractivity contribution in [3.63, 3.8) is 0 Å². The Morgan fingerprint density at radius 2 is 2.17 bits per heavy atom. The summed E-state index contributed by atoms with van der Waals surface area (Å²) in [4.78, 5) is 10.8. The highest BCUT2D eigenvalue weighted by atomic mass is 79.9. The minimum absolute atomic E-state index is 0.133.